The Bertz CT molecular complexity index is 28.9. The first-order chi connectivity index (χ1) is 3.41. The molecule has 0 radical (unpaired) electrons. The van der Waals surface area contributed by atoms with E-state index in [-0.39, 0.29) is 0 Å². The molecule has 0 rings (SSSR count). The summed E-state index contributed by atoms with van der Waals surface area (Å²) in [7, 11) is 1.52. The second-order valence-corrected chi connectivity index (χ2v) is 2.70. The molecule has 0 aliphatic carbocycles. The van der Waals surface area contributed by atoms with Gasteiger partial charge in [0.05, 0.1) is 0 Å². The van der Waals surface area contributed by atoms with E-state index in [0.29, 0.717) is 6.61 Å². The van der Waals surface area contributed by atoms with Crippen LogP contribution in [0, 0.1) is 0 Å². The minimum absolute atomic E-state index is 0.314. The highest BCUT2D eigenvalue weighted by Crippen LogP contribution is 2.06. The molecule has 0 aromatic rings. The SMILES string of the molecule is OCCCCSS. The van der Waals surface area contributed by atoms with Gasteiger partial charge in [-0.3, -0.25) is 0 Å². The lowest BCUT2D eigenvalue weighted by atomic mass is 10.4. The molecule has 0 saturated carbocycles. The number of rotatable bonds is 4. The van der Waals surface area contributed by atoms with Gasteiger partial charge < -0.3 is 5.11 Å². The molecule has 0 unspecified atom stereocenters. The fraction of sp³-hybridized carbons (Fsp3) is 1.00. The van der Waals surface area contributed by atoms with E-state index >= 15 is 0 Å². The molecular formula is C4H10OS2. The zero-order valence-electron chi connectivity index (χ0n) is 4.13. The number of unbranched alkanes of at least 4 members (excludes halogenated alkanes) is 1. The van der Waals surface area contributed by atoms with Crippen molar-refractivity contribution in [3.63, 3.8) is 0 Å². The maximum Gasteiger partial charge on any atom is 0.0431 e. The van der Waals surface area contributed by atoms with E-state index in [1.807, 2.05) is 0 Å². The third kappa shape index (κ3) is 6.66. The molecule has 0 bridgehead atoms. The van der Waals surface area contributed by atoms with Crippen molar-refractivity contribution < 1.29 is 5.11 Å². The summed E-state index contributed by atoms with van der Waals surface area (Å²) in [6, 6.07) is 0. The molecule has 0 amide bonds. The molecule has 0 aliphatic heterocycles. The first kappa shape index (κ1) is 7.66. The van der Waals surface area contributed by atoms with Gasteiger partial charge in [0, 0.05) is 12.4 Å². The van der Waals surface area contributed by atoms with Crippen molar-refractivity contribution in [1.29, 1.82) is 0 Å². The molecule has 0 saturated heterocycles. The average Bonchev–Trinajstić information content (AvgIpc) is 1.69. The molecule has 1 N–H and O–H groups in total. The minimum atomic E-state index is 0.314. The second kappa shape index (κ2) is 6.66. The first-order valence-corrected chi connectivity index (χ1v) is 4.33. The van der Waals surface area contributed by atoms with E-state index in [1.165, 1.54) is 10.8 Å². The largest absolute Gasteiger partial charge is 0.396 e. The van der Waals surface area contributed by atoms with E-state index < -0.39 is 0 Å². The number of hydrogen-bond acceptors (Lipinski definition) is 3. The van der Waals surface area contributed by atoms with Crippen molar-refractivity contribution in [3.05, 3.63) is 0 Å². The normalized spacial score (nSPS) is 9.43. The summed E-state index contributed by atoms with van der Waals surface area (Å²) in [5.41, 5.74) is 0. The second-order valence-electron chi connectivity index (χ2n) is 1.26. The Kier molecular flexibility index (Phi) is 7.29. The molecule has 3 heteroatoms. The number of thiol groups is 1. The number of hydrogen-bond donors (Lipinski definition) is 2. The molecule has 0 fully saturated rings. The monoisotopic (exact) mass is 138 g/mol. The van der Waals surface area contributed by atoms with E-state index in [9.17, 15) is 0 Å². The van der Waals surface area contributed by atoms with E-state index in [4.69, 9.17) is 5.11 Å². The Morgan fingerprint density at radius 1 is 1.43 bits per heavy atom. The summed E-state index contributed by atoms with van der Waals surface area (Å²) in [5.74, 6) is 1.05. The van der Waals surface area contributed by atoms with Gasteiger partial charge in [0.15, 0.2) is 0 Å². The summed E-state index contributed by atoms with van der Waals surface area (Å²) >= 11 is 3.93. The van der Waals surface area contributed by atoms with Crippen LogP contribution in [0.2, 0.25) is 0 Å². The van der Waals surface area contributed by atoms with Gasteiger partial charge in [0.1, 0.15) is 0 Å². The van der Waals surface area contributed by atoms with E-state index in [2.05, 4.69) is 11.7 Å². The summed E-state index contributed by atoms with van der Waals surface area (Å²) in [4.78, 5) is 0. The molecule has 0 atom stereocenters. The van der Waals surface area contributed by atoms with Gasteiger partial charge in [-0.1, -0.05) is 10.8 Å². The Morgan fingerprint density at radius 3 is 2.57 bits per heavy atom. The lowest BCUT2D eigenvalue weighted by Gasteiger charge is -1.89. The van der Waals surface area contributed by atoms with Gasteiger partial charge >= 0.3 is 0 Å². The summed E-state index contributed by atoms with van der Waals surface area (Å²) in [6.45, 7) is 0.314. The van der Waals surface area contributed by atoms with Gasteiger partial charge in [-0.25, -0.2) is 0 Å². The van der Waals surface area contributed by atoms with Crippen LogP contribution in [0.3, 0.4) is 0 Å². The first-order valence-electron chi connectivity index (χ1n) is 2.29. The Labute approximate surface area is 53.3 Å². The minimum Gasteiger partial charge on any atom is -0.396 e. The molecule has 7 heavy (non-hydrogen) atoms. The van der Waals surface area contributed by atoms with Gasteiger partial charge in [0.2, 0.25) is 0 Å². The molecule has 0 aromatic carbocycles. The van der Waals surface area contributed by atoms with Crippen LogP contribution in [0.1, 0.15) is 12.8 Å². The maximum atomic E-state index is 8.26. The van der Waals surface area contributed by atoms with Crippen LogP contribution in [0.25, 0.3) is 0 Å². The predicted molar refractivity (Wildman–Crippen MR) is 37.8 cm³/mol. The van der Waals surface area contributed by atoms with E-state index in [0.717, 1.165) is 18.6 Å². The third-order valence-corrected chi connectivity index (χ3v) is 1.66. The van der Waals surface area contributed by atoms with Crippen LogP contribution in [-0.2, 0) is 0 Å². The Balaban J connectivity index is 2.45. The molecule has 1 nitrogen and oxygen atoms in total. The number of aliphatic hydroxyl groups excluding tert-OH is 1. The van der Waals surface area contributed by atoms with E-state index in [1.54, 1.807) is 0 Å². The van der Waals surface area contributed by atoms with Crippen molar-refractivity contribution in [2.24, 2.45) is 0 Å². The van der Waals surface area contributed by atoms with Crippen LogP contribution in [0.4, 0.5) is 0 Å². The zero-order valence-corrected chi connectivity index (χ0v) is 5.84. The highest BCUT2D eigenvalue weighted by atomic mass is 33.1. The zero-order chi connectivity index (χ0) is 5.54. The highest BCUT2D eigenvalue weighted by Gasteiger charge is 1.81. The summed E-state index contributed by atoms with van der Waals surface area (Å²) in [5, 5.41) is 8.26. The van der Waals surface area contributed by atoms with Crippen molar-refractivity contribution in [1.82, 2.24) is 0 Å². The average molecular weight is 138 g/mol. The summed E-state index contributed by atoms with van der Waals surface area (Å²) in [6.07, 6.45) is 1.98. The van der Waals surface area contributed by atoms with Gasteiger partial charge in [-0.2, -0.15) is 0 Å². The van der Waals surface area contributed by atoms with Crippen molar-refractivity contribution >= 4 is 22.5 Å². The highest BCUT2D eigenvalue weighted by molar-refractivity contribution is 8.68. The Hall–Kier alpha value is 0.660. The van der Waals surface area contributed by atoms with Crippen LogP contribution in [0.15, 0.2) is 0 Å². The van der Waals surface area contributed by atoms with Gasteiger partial charge in [-0.05, 0) is 12.8 Å². The molecule has 0 aliphatic rings. The van der Waals surface area contributed by atoms with Crippen LogP contribution in [0.5, 0.6) is 0 Å². The van der Waals surface area contributed by atoms with Crippen molar-refractivity contribution in [2.75, 3.05) is 12.4 Å². The van der Waals surface area contributed by atoms with Crippen LogP contribution >= 0.6 is 22.5 Å². The predicted octanol–water partition coefficient (Wildman–Crippen LogP) is 1.34. The molecular weight excluding hydrogens is 128 g/mol. The van der Waals surface area contributed by atoms with Gasteiger partial charge in [-0.15, -0.1) is 11.7 Å². The smallest absolute Gasteiger partial charge is 0.0431 e. The molecule has 0 aromatic heterocycles. The lowest BCUT2D eigenvalue weighted by molar-refractivity contribution is 0.287. The fourth-order valence-electron chi connectivity index (χ4n) is 0.278. The van der Waals surface area contributed by atoms with Crippen molar-refractivity contribution in [2.45, 2.75) is 12.8 Å². The standard InChI is InChI=1S/C4H10OS2/c5-3-1-2-4-7-6/h5-6H,1-4H2. The van der Waals surface area contributed by atoms with Gasteiger partial charge in [0.25, 0.3) is 0 Å². The number of aliphatic hydroxyl groups is 1. The Morgan fingerprint density at radius 2 is 2.14 bits per heavy atom. The quantitative estimate of drug-likeness (QED) is 0.347. The lowest BCUT2D eigenvalue weighted by Crippen LogP contribution is -1.82. The fourth-order valence-corrected chi connectivity index (χ4v) is 0.999. The molecule has 44 valence electrons. The molecule has 0 heterocycles. The van der Waals surface area contributed by atoms with Crippen LogP contribution in [-0.4, -0.2) is 17.5 Å². The topological polar surface area (TPSA) is 20.2 Å². The maximum absolute atomic E-state index is 8.26. The third-order valence-electron chi connectivity index (χ3n) is 0.644. The summed E-state index contributed by atoms with van der Waals surface area (Å²) < 4.78 is 0. The van der Waals surface area contributed by atoms with Crippen molar-refractivity contribution in [3.8, 4) is 0 Å². The van der Waals surface area contributed by atoms with Crippen LogP contribution < -0.4 is 0 Å². The molecule has 0 spiro atoms.